The summed E-state index contributed by atoms with van der Waals surface area (Å²) >= 11 is 1.53. The van der Waals surface area contributed by atoms with E-state index in [2.05, 4.69) is 15.3 Å². The molecular weight excluding hydrogens is 314 g/mol. The van der Waals surface area contributed by atoms with Gasteiger partial charge in [0.25, 0.3) is 11.5 Å². The third-order valence-electron chi connectivity index (χ3n) is 3.16. The minimum absolute atomic E-state index is 0.146. The molecule has 23 heavy (non-hydrogen) atoms. The quantitative estimate of drug-likeness (QED) is 0.804. The van der Waals surface area contributed by atoms with Crippen molar-refractivity contribution in [3.05, 3.63) is 57.8 Å². The maximum Gasteiger partial charge on any atom is 0.270 e. The molecule has 122 valence electrons. The van der Waals surface area contributed by atoms with Crippen LogP contribution in [0.2, 0.25) is 0 Å². The highest BCUT2D eigenvalue weighted by Crippen LogP contribution is 2.11. The van der Waals surface area contributed by atoms with Crippen LogP contribution in [0, 0.1) is 0 Å². The van der Waals surface area contributed by atoms with Crippen molar-refractivity contribution in [3.63, 3.8) is 0 Å². The van der Waals surface area contributed by atoms with E-state index in [0.717, 1.165) is 11.3 Å². The second kappa shape index (κ2) is 8.38. The lowest BCUT2D eigenvalue weighted by Crippen LogP contribution is -2.28. The molecule has 2 N–H and O–H groups in total. The third kappa shape index (κ3) is 5.14. The number of hydrogen-bond acceptors (Lipinski definition) is 5. The predicted octanol–water partition coefficient (Wildman–Crippen LogP) is 1.61. The van der Waals surface area contributed by atoms with E-state index in [9.17, 15) is 9.59 Å². The van der Waals surface area contributed by atoms with Crippen LogP contribution in [0.25, 0.3) is 0 Å². The van der Waals surface area contributed by atoms with Crippen molar-refractivity contribution in [2.75, 3.05) is 19.9 Å². The maximum atomic E-state index is 12.1. The van der Waals surface area contributed by atoms with E-state index in [1.165, 1.54) is 17.8 Å². The lowest BCUT2D eigenvalue weighted by atomic mass is 10.1. The Labute approximate surface area is 138 Å². The second-order valence-electron chi connectivity index (χ2n) is 4.86. The average Bonchev–Trinajstić information content (AvgIpc) is 2.55. The Morgan fingerprint density at radius 1 is 1.35 bits per heavy atom. The Morgan fingerprint density at radius 3 is 2.74 bits per heavy atom. The summed E-state index contributed by atoms with van der Waals surface area (Å²) in [6.45, 7) is 0.470. The number of carbonyl (C=O) groups is 1. The Bertz CT molecular complexity index is 713. The van der Waals surface area contributed by atoms with Gasteiger partial charge in [0.05, 0.1) is 12.9 Å². The van der Waals surface area contributed by atoms with E-state index in [1.54, 1.807) is 7.11 Å². The van der Waals surface area contributed by atoms with Crippen LogP contribution in [0.5, 0.6) is 5.75 Å². The van der Waals surface area contributed by atoms with Crippen molar-refractivity contribution in [3.8, 4) is 5.75 Å². The molecule has 0 spiro atoms. The number of methoxy groups -OCH3 is 1. The van der Waals surface area contributed by atoms with Crippen LogP contribution < -0.4 is 15.6 Å². The van der Waals surface area contributed by atoms with Crippen LogP contribution in [-0.4, -0.2) is 35.8 Å². The van der Waals surface area contributed by atoms with E-state index in [0.29, 0.717) is 24.5 Å². The number of nitrogens with one attached hydrogen (secondary N) is 2. The summed E-state index contributed by atoms with van der Waals surface area (Å²) in [7, 11) is 1.62. The molecule has 0 aliphatic heterocycles. The molecule has 0 aliphatic rings. The number of thioether (sulfide) groups is 1. The number of aromatic amines is 1. The molecule has 0 atom stereocenters. The van der Waals surface area contributed by atoms with E-state index in [1.807, 2.05) is 30.5 Å². The molecule has 1 heterocycles. The van der Waals surface area contributed by atoms with Gasteiger partial charge in [0.2, 0.25) is 0 Å². The first-order chi connectivity index (χ1) is 11.1. The van der Waals surface area contributed by atoms with Gasteiger partial charge in [-0.3, -0.25) is 9.59 Å². The topological polar surface area (TPSA) is 84.1 Å². The number of rotatable bonds is 7. The Hall–Kier alpha value is -2.28. The molecule has 6 nitrogen and oxygen atoms in total. The Morgan fingerprint density at radius 2 is 2.09 bits per heavy atom. The molecule has 0 fully saturated rings. The summed E-state index contributed by atoms with van der Waals surface area (Å²) in [5.74, 6) is 1.52. The zero-order chi connectivity index (χ0) is 16.7. The summed E-state index contributed by atoms with van der Waals surface area (Å²) in [4.78, 5) is 30.4. The van der Waals surface area contributed by atoms with Gasteiger partial charge < -0.3 is 15.0 Å². The molecule has 2 aromatic rings. The average molecular weight is 333 g/mol. The fourth-order valence-electron chi connectivity index (χ4n) is 2.03. The summed E-state index contributed by atoms with van der Waals surface area (Å²) in [6, 6.07) is 8.88. The molecule has 1 aromatic heterocycles. The molecule has 1 aromatic carbocycles. The number of ether oxygens (including phenoxy) is 1. The Kier molecular flexibility index (Phi) is 6.22. The monoisotopic (exact) mass is 333 g/mol. The van der Waals surface area contributed by atoms with Gasteiger partial charge in [-0.1, -0.05) is 12.1 Å². The minimum Gasteiger partial charge on any atom is -0.497 e. The summed E-state index contributed by atoms with van der Waals surface area (Å²) in [5.41, 5.74) is 0.921. The lowest BCUT2D eigenvalue weighted by Gasteiger charge is -2.06. The number of carbonyl (C=O) groups excluding carboxylic acids is 1. The minimum atomic E-state index is -0.341. The van der Waals surface area contributed by atoms with E-state index >= 15 is 0 Å². The van der Waals surface area contributed by atoms with Crippen molar-refractivity contribution in [1.82, 2.24) is 15.3 Å². The van der Waals surface area contributed by atoms with Crippen LogP contribution in [0.4, 0.5) is 0 Å². The number of aromatic nitrogens is 2. The van der Waals surface area contributed by atoms with Crippen molar-refractivity contribution in [1.29, 1.82) is 0 Å². The highest BCUT2D eigenvalue weighted by atomic mass is 32.2. The van der Waals surface area contributed by atoms with Crippen molar-refractivity contribution in [2.45, 2.75) is 12.2 Å². The molecule has 0 saturated carbocycles. The zero-order valence-corrected chi connectivity index (χ0v) is 13.9. The molecule has 0 saturated heterocycles. The Balaban J connectivity index is 1.92. The van der Waals surface area contributed by atoms with E-state index in [-0.39, 0.29) is 17.2 Å². The van der Waals surface area contributed by atoms with Gasteiger partial charge in [0.1, 0.15) is 17.3 Å². The number of hydrogen-bond donors (Lipinski definition) is 2. The van der Waals surface area contributed by atoms with E-state index < -0.39 is 0 Å². The molecule has 0 aliphatic carbocycles. The fourth-order valence-corrected chi connectivity index (χ4v) is 2.44. The first kappa shape index (κ1) is 17.1. The molecule has 0 radical (unpaired) electrons. The fraction of sp³-hybridized carbons (Fsp3) is 0.312. The number of amides is 1. The second-order valence-corrected chi connectivity index (χ2v) is 5.73. The molecule has 1 amide bonds. The van der Waals surface area contributed by atoms with Gasteiger partial charge in [-0.05, 0) is 30.4 Å². The van der Waals surface area contributed by atoms with E-state index in [4.69, 9.17) is 4.74 Å². The van der Waals surface area contributed by atoms with Gasteiger partial charge in [0.15, 0.2) is 0 Å². The van der Waals surface area contributed by atoms with Crippen molar-refractivity contribution < 1.29 is 9.53 Å². The third-order valence-corrected chi connectivity index (χ3v) is 3.72. The number of nitrogens with zero attached hydrogens (tertiary/aromatic N) is 1. The van der Waals surface area contributed by atoms with Gasteiger partial charge >= 0.3 is 0 Å². The van der Waals surface area contributed by atoms with Crippen LogP contribution >= 0.6 is 11.8 Å². The molecule has 2 rings (SSSR count). The molecular formula is C16H19N3O3S. The van der Waals surface area contributed by atoms with Gasteiger partial charge in [-0.25, -0.2) is 4.98 Å². The van der Waals surface area contributed by atoms with Crippen molar-refractivity contribution in [2.24, 2.45) is 0 Å². The zero-order valence-electron chi connectivity index (χ0n) is 13.1. The lowest BCUT2D eigenvalue weighted by molar-refractivity contribution is 0.0948. The van der Waals surface area contributed by atoms with Gasteiger partial charge in [0, 0.05) is 12.6 Å². The summed E-state index contributed by atoms with van der Waals surface area (Å²) < 4.78 is 5.10. The predicted molar refractivity (Wildman–Crippen MR) is 91.1 cm³/mol. The maximum absolute atomic E-state index is 12.1. The molecule has 0 unspecified atom stereocenters. The smallest absolute Gasteiger partial charge is 0.270 e. The molecule has 0 bridgehead atoms. The molecule has 7 heteroatoms. The van der Waals surface area contributed by atoms with Crippen LogP contribution in [0.3, 0.4) is 0 Å². The highest BCUT2D eigenvalue weighted by molar-refractivity contribution is 7.97. The standard InChI is InChI=1S/C16H19N3O3S/c1-22-12-5-3-11(4-6-12)7-8-17-16(21)13-9-15(20)19-14(18-13)10-23-2/h3-6,9H,7-8,10H2,1-2H3,(H,17,21)(H,18,19,20). The first-order valence-corrected chi connectivity index (χ1v) is 8.52. The van der Waals surface area contributed by atoms with Gasteiger partial charge in [-0.2, -0.15) is 11.8 Å². The summed E-state index contributed by atoms with van der Waals surface area (Å²) in [5, 5.41) is 2.78. The van der Waals surface area contributed by atoms with Crippen LogP contribution in [0.15, 0.2) is 35.1 Å². The normalized spacial score (nSPS) is 10.3. The van der Waals surface area contributed by atoms with Gasteiger partial charge in [-0.15, -0.1) is 0 Å². The van der Waals surface area contributed by atoms with Crippen LogP contribution in [-0.2, 0) is 12.2 Å². The SMILES string of the molecule is COc1ccc(CCNC(=O)c2cc(=O)[nH]c(CSC)n2)cc1. The summed E-state index contributed by atoms with van der Waals surface area (Å²) in [6.07, 6.45) is 2.60. The van der Waals surface area contributed by atoms with Crippen LogP contribution in [0.1, 0.15) is 21.9 Å². The number of benzene rings is 1. The highest BCUT2D eigenvalue weighted by Gasteiger charge is 2.09. The van der Waals surface area contributed by atoms with Crippen molar-refractivity contribution >= 4 is 17.7 Å². The first-order valence-electron chi connectivity index (χ1n) is 7.12. The number of H-pyrrole nitrogens is 1. The largest absolute Gasteiger partial charge is 0.497 e.